The number of aliphatic hydroxyl groups excluding tert-OH is 1. The maximum Gasteiger partial charge on any atom is 0.326 e. The van der Waals surface area contributed by atoms with Crippen molar-refractivity contribution in [2.24, 2.45) is 0 Å². The van der Waals surface area contributed by atoms with Crippen LogP contribution in [0.5, 0.6) is 0 Å². The van der Waals surface area contributed by atoms with E-state index in [1.54, 1.807) is 19.2 Å². The number of carbonyl (C=O) groups is 2. The van der Waals surface area contributed by atoms with Crippen molar-refractivity contribution in [3.8, 4) is 0 Å². The van der Waals surface area contributed by atoms with Gasteiger partial charge in [-0.3, -0.25) is 4.79 Å². The molecule has 0 aliphatic carbocycles. The van der Waals surface area contributed by atoms with E-state index in [9.17, 15) is 19.8 Å². The predicted molar refractivity (Wildman–Crippen MR) is 83.5 cm³/mol. The van der Waals surface area contributed by atoms with E-state index >= 15 is 0 Å². The summed E-state index contributed by atoms with van der Waals surface area (Å²) in [5, 5.41) is 24.6. The number of hydrogen-bond donors (Lipinski definition) is 4. The van der Waals surface area contributed by atoms with Crippen LogP contribution in [0.3, 0.4) is 0 Å². The van der Waals surface area contributed by atoms with Gasteiger partial charge >= 0.3 is 5.97 Å². The maximum absolute atomic E-state index is 12.1. The van der Waals surface area contributed by atoms with Crippen molar-refractivity contribution >= 4 is 11.9 Å². The molecule has 6 heteroatoms. The number of benzene rings is 1. The van der Waals surface area contributed by atoms with E-state index in [0.717, 1.165) is 12.0 Å². The molecule has 0 bridgehead atoms. The third kappa shape index (κ3) is 5.46. The van der Waals surface area contributed by atoms with Crippen LogP contribution in [0.15, 0.2) is 30.3 Å². The van der Waals surface area contributed by atoms with Crippen molar-refractivity contribution < 1.29 is 19.8 Å². The molecule has 22 heavy (non-hydrogen) atoms. The lowest BCUT2D eigenvalue weighted by Crippen LogP contribution is -2.52. The highest BCUT2D eigenvalue weighted by molar-refractivity contribution is 5.86. The zero-order chi connectivity index (χ0) is 16.5. The predicted octanol–water partition coefficient (Wildman–Crippen LogP) is 0.548. The number of amides is 1. The second-order valence-corrected chi connectivity index (χ2v) is 5.22. The first kappa shape index (κ1) is 18.1. The van der Waals surface area contributed by atoms with E-state index in [1.807, 2.05) is 25.1 Å². The second kappa shape index (κ2) is 9.17. The minimum Gasteiger partial charge on any atom is -0.480 e. The Morgan fingerprint density at radius 1 is 1.23 bits per heavy atom. The van der Waals surface area contributed by atoms with E-state index < -0.39 is 30.1 Å². The van der Waals surface area contributed by atoms with Crippen LogP contribution in [0.1, 0.15) is 25.3 Å². The standard InChI is InChI=1S/C16H24N2O4/c1-3-7-12(17-2)14(19)15(20)18-13(16(21)22)10-11-8-5-4-6-9-11/h4-6,8-9,12-14,17,19H,3,7,10H2,1-2H3,(H,18,20)(H,21,22). The lowest BCUT2D eigenvalue weighted by atomic mass is 10.0. The Labute approximate surface area is 130 Å². The number of likely N-dealkylation sites (N-methyl/N-ethyl adjacent to an activating group) is 1. The van der Waals surface area contributed by atoms with Crippen LogP contribution in [0.4, 0.5) is 0 Å². The second-order valence-electron chi connectivity index (χ2n) is 5.22. The molecule has 1 aromatic carbocycles. The van der Waals surface area contributed by atoms with Gasteiger partial charge in [-0.1, -0.05) is 43.7 Å². The van der Waals surface area contributed by atoms with Crippen molar-refractivity contribution in [2.45, 2.75) is 44.4 Å². The summed E-state index contributed by atoms with van der Waals surface area (Å²) in [5.74, 6) is -1.79. The summed E-state index contributed by atoms with van der Waals surface area (Å²) >= 11 is 0. The summed E-state index contributed by atoms with van der Waals surface area (Å²) in [4.78, 5) is 23.4. The first-order valence-corrected chi connectivity index (χ1v) is 7.42. The molecule has 0 fully saturated rings. The van der Waals surface area contributed by atoms with Gasteiger partial charge in [0, 0.05) is 12.5 Å². The number of carboxylic acids is 1. The molecule has 0 saturated heterocycles. The number of carboxylic acid groups (broad SMARTS) is 1. The summed E-state index contributed by atoms with van der Waals surface area (Å²) in [6.07, 6.45) is 0.332. The van der Waals surface area contributed by atoms with Crippen LogP contribution >= 0.6 is 0 Å². The Bertz CT molecular complexity index is 478. The number of rotatable bonds is 9. The van der Waals surface area contributed by atoms with Crippen molar-refractivity contribution in [3.05, 3.63) is 35.9 Å². The minimum atomic E-state index is -1.28. The fraction of sp³-hybridized carbons (Fsp3) is 0.500. The van der Waals surface area contributed by atoms with E-state index in [4.69, 9.17) is 0 Å². The SMILES string of the molecule is CCCC(NC)C(O)C(=O)NC(Cc1ccccc1)C(=O)O. The van der Waals surface area contributed by atoms with Crippen LogP contribution in [0.2, 0.25) is 0 Å². The van der Waals surface area contributed by atoms with Gasteiger partial charge in [0.15, 0.2) is 0 Å². The molecule has 1 aromatic rings. The van der Waals surface area contributed by atoms with Gasteiger partial charge in [-0.2, -0.15) is 0 Å². The van der Waals surface area contributed by atoms with Gasteiger partial charge < -0.3 is 20.8 Å². The molecule has 1 rings (SSSR count). The van der Waals surface area contributed by atoms with Gasteiger partial charge in [0.1, 0.15) is 12.1 Å². The van der Waals surface area contributed by atoms with E-state index in [2.05, 4.69) is 10.6 Å². The topological polar surface area (TPSA) is 98.7 Å². The summed E-state index contributed by atoms with van der Waals surface area (Å²) < 4.78 is 0. The highest BCUT2D eigenvalue weighted by Gasteiger charge is 2.28. The van der Waals surface area contributed by atoms with Crippen LogP contribution in [-0.4, -0.2) is 47.3 Å². The summed E-state index contributed by atoms with van der Waals surface area (Å²) in [7, 11) is 1.66. The van der Waals surface area contributed by atoms with Crippen molar-refractivity contribution in [3.63, 3.8) is 0 Å². The minimum absolute atomic E-state index is 0.173. The summed E-state index contributed by atoms with van der Waals surface area (Å²) in [5.41, 5.74) is 0.809. The molecule has 122 valence electrons. The summed E-state index contributed by atoms with van der Waals surface area (Å²) in [6.45, 7) is 1.95. The molecule has 0 aromatic heterocycles. The average molecular weight is 308 g/mol. The Kier molecular flexibility index (Phi) is 7.56. The molecule has 0 aliphatic heterocycles. The van der Waals surface area contributed by atoms with Gasteiger partial charge in [-0.05, 0) is 19.0 Å². The first-order valence-electron chi connectivity index (χ1n) is 7.42. The lowest BCUT2D eigenvalue weighted by molar-refractivity contribution is -0.143. The maximum atomic E-state index is 12.1. The Morgan fingerprint density at radius 3 is 2.36 bits per heavy atom. The average Bonchev–Trinajstić information content (AvgIpc) is 2.52. The molecule has 6 nitrogen and oxygen atoms in total. The molecule has 3 atom stereocenters. The number of aliphatic carboxylic acids is 1. The monoisotopic (exact) mass is 308 g/mol. The Balaban J connectivity index is 2.70. The summed E-state index contributed by atoms with van der Waals surface area (Å²) in [6, 6.07) is 7.59. The third-order valence-electron chi connectivity index (χ3n) is 3.52. The van der Waals surface area contributed by atoms with E-state index in [1.165, 1.54) is 0 Å². The normalized spacial score (nSPS) is 14.9. The largest absolute Gasteiger partial charge is 0.480 e. The molecule has 0 radical (unpaired) electrons. The molecular formula is C16H24N2O4. The fourth-order valence-corrected chi connectivity index (χ4v) is 2.26. The zero-order valence-corrected chi connectivity index (χ0v) is 13.0. The quantitative estimate of drug-likeness (QED) is 0.534. The van der Waals surface area contributed by atoms with Crippen molar-refractivity contribution in [2.75, 3.05) is 7.05 Å². The highest BCUT2D eigenvalue weighted by Crippen LogP contribution is 2.06. The number of hydrogen-bond acceptors (Lipinski definition) is 4. The lowest BCUT2D eigenvalue weighted by Gasteiger charge is -2.23. The van der Waals surface area contributed by atoms with Gasteiger partial charge in [-0.25, -0.2) is 4.79 Å². The number of nitrogens with one attached hydrogen (secondary N) is 2. The van der Waals surface area contributed by atoms with Crippen molar-refractivity contribution in [1.82, 2.24) is 10.6 Å². The zero-order valence-electron chi connectivity index (χ0n) is 13.0. The van der Waals surface area contributed by atoms with Crippen molar-refractivity contribution in [1.29, 1.82) is 0 Å². The smallest absolute Gasteiger partial charge is 0.326 e. The molecule has 3 unspecified atom stereocenters. The number of aliphatic hydroxyl groups is 1. The molecule has 0 saturated carbocycles. The van der Waals surface area contributed by atoms with Gasteiger partial charge in [0.2, 0.25) is 0 Å². The Morgan fingerprint density at radius 2 is 1.86 bits per heavy atom. The molecule has 0 heterocycles. The third-order valence-corrected chi connectivity index (χ3v) is 3.52. The van der Waals surface area contributed by atoms with E-state index in [0.29, 0.717) is 6.42 Å². The Hall–Kier alpha value is -1.92. The molecular weight excluding hydrogens is 284 g/mol. The van der Waals surface area contributed by atoms with Crippen LogP contribution in [-0.2, 0) is 16.0 Å². The number of carbonyl (C=O) groups excluding carboxylic acids is 1. The van der Waals surface area contributed by atoms with Crippen LogP contribution < -0.4 is 10.6 Å². The van der Waals surface area contributed by atoms with E-state index in [-0.39, 0.29) is 6.42 Å². The van der Waals surface area contributed by atoms with Crippen LogP contribution in [0, 0.1) is 0 Å². The fourth-order valence-electron chi connectivity index (χ4n) is 2.26. The molecule has 1 amide bonds. The van der Waals surface area contributed by atoms with Crippen LogP contribution in [0.25, 0.3) is 0 Å². The highest BCUT2D eigenvalue weighted by atomic mass is 16.4. The van der Waals surface area contributed by atoms with Gasteiger partial charge in [0.05, 0.1) is 0 Å². The molecule has 4 N–H and O–H groups in total. The van der Waals surface area contributed by atoms with Gasteiger partial charge in [0.25, 0.3) is 5.91 Å². The molecule has 0 aliphatic rings. The van der Waals surface area contributed by atoms with Gasteiger partial charge in [-0.15, -0.1) is 0 Å². The molecule has 0 spiro atoms. The first-order chi connectivity index (χ1) is 10.5.